The smallest absolute Gasteiger partial charge is 0.349 e. The van der Waals surface area contributed by atoms with Gasteiger partial charge in [-0.15, -0.1) is 0 Å². The Labute approximate surface area is 158 Å². The third kappa shape index (κ3) is 4.94. The summed E-state index contributed by atoms with van der Waals surface area (Å²) in [5, 5.41) is 11.8. The molecule has 4 nitrogen and oxygen atoms in total. The van der Waals surface area contributed by atoms with Crippen LogP contribution in [0.5, 0.6) is 0 Å². The van der Waals surface area contributed by atoms with Gasteiger partial charge in [0.15, 0.2) is 0 Å². The molecule has 2 rings (SSSR count). The van der Waals surface area contributed by atoms with Gasteiger partial charge in [-0.05, 0) is 50.8 Å². The average molecular weight is 381 g/mol. The van der Waals surface area contributed by atoms with Gasteiger partial charge in [-0.3, -0.25) is 4.79 Å². The van der Waals surface area contributed by atoms with Crippen LogP contribution in [0.4, 0.5) is 13.2 Å². The summed E-state index contributed by atoms with van der Waals surface area (Å²) in [5.74, 6) is -2.29. The maximum absolute atomic E-state index is 13.2. The van der Waals surface area contributed by atoms with E-state index >= 15 is 0 Å². The number of rotatable bonds is 5. The second kappa shape index (κ2) is 8.64. The van der Waals surface area contributed by atoms with Gasteiger partial charge in [0.1, 0.15) is 11.6 Å². The van der Waals surface area contributed by atoms with Crippen molar-refractivity contribution in [3.05, 3.63) is 28.6 Å². The number of halogens is 3. The molecule has 0 radical (unpaired) electrons. The van der Waals surface area contributed by atoms with E-state index in [4.69, 9.17) is 0 Å². The lowest BCUT2D eigenvalue weighted by molar-refractivity contribution is -0.189. The number of amides is 1. The lowest BCUT2D eigenvalue weighted by atomic mass is 9.84. The standard InChI is InChI=1S/C20H26F3N3O/c1-4-9-26-13(2)10-15(14(26)3)11-16(12-24)19(27)25-18-8-6-5-7-17(18)20(21,22)23/h10-11,17-18H,4-9H2,1-3H3,(H,25,27)/b16-11-. The third-order valence-electron chi connectivity index (χ3n) is 5.23. The zero-order valence-corrected chi connectivity index (χ0v) is 16.0. The summed E-state index contributed by atoms with van der Waals surface area (Å²) < 4.78 is 41.7. The highest BCUT2D eigenvalue weighted by Gasteiger charge is 2.46. The molecule has 1 amide bonds. The topological polar surface area (TPSA) is 57.8 Å². The molecular weight excluding hydrogens is 355 g/mol. The van der Waals surface area contributed by atoms with Gasteiger partial charge < -0.3 is 9.88 Å². The molecule has 0 saturated heterocycles. The quantitative estimate of drug-likeness (QED) is 0.596. The van der Waals surface area contributed by atoms with E-state index in [1.165, 1.54) is 6.08 Å². The first-order valence-electron chi connectivity index (χ1n) is 9.35. The molecule has 0 bridgehead atoms. The lowest BCUT2D eigenvalue weighted by Crippen LogP contribution is -2.48. The molecule has 1 saturated carbocycles. The Morgan fingerprint density at radius 1 is 1.37 bits per heavy atom. The highest BCUT2D eigenvalue weighted by Crippen LogP contribution is 2.37. The van der Waals surface area contributed by atoms with E-state index in [9.17, 15) is 23.2 Å². The molecule has 1 N–H and O–H groups in total. The molecule has 0 spiro atoms. The zero-order valence-electron chi connectivity index (χ0n) is 16.0. The lowest BCUT2D eigenvalue weighted by Gasteiger charge is -2.33. The molecule has 2 unspecified atom stereocenters. The van der Waals surface area contributed by atoms with E-state index in [2.05, 4.69) is 16.8 Å². The van der Waals surface area contributed by atoms with Gasteiger partial charge in [0, 0.05) is 24.0 Å². The van der Waals surface area contributed by atoms with Gasteiger partial charge in [0.05, 0.1) is 5.92 Å². The van der Waals surface area contributed by atoms with Gasteiger partial charge in [-0.2, -0.15) is 18.4 Å². The van der Waals surface area contributed by atoms with Crippen LogP contribution >= 0.6 is 0 Å². The van der Waals surface area contributed by atoms with Crippen LogP contribution in [-0.2, 0) is 11.3 Å². The first-order valence-corrected chi connectivity index (χ1v) is 9.35. The molecule has 0 aromatic carbocycles. The summed E-state index contributed by atoms with van der Waals surface area (Å²) in [5.41, 5.74) is 2.52. The Bertz CT molecular complexity index is 756. The number of nitriles is 1. The number of aromatic nitrogens is 1. The molecule has 1 aromatic rings. The number of alkyl halides is 3. The third-order valence-corrected chi connectivity index (χ3v) is 5.23. The largest absolute Gasteiger partial charge is 0.393 e. The van der Waals surface area contributed by atoms with E-state index in [1.54, 1.807) is 0 Å². The van der Waals surface area contributed by atoms with Crippen molar-refractivity contribution >= 4 is 12.0 Å². The number of aryl methyl sites for hydroxylation is 1. The fourth-order valence-electron chi connectivity index (χ4n) is 3.79. The molecule has 1 fully saturated rings. The first-order chi connectivity index (χ1) is 12.7. The predicted octanol–water partition coefficient (Wildman–Crippen LogP) is 4.66. The molecule has 0 aliphatic heterocycles. The van der Waals surface area contributed by atoms with Gasteiger partial charge in [-0.25, -0.2) is 0 Å². The first kappa shape index (κ1) is 21.1. The molecule has 1 aromatic heterocycles. The molecular formula is C20H26F3N3O. The van der Waals surface area contributed by atoms with E-state index in [1.807, 2.05) is 26.0 Å². The number of carbonyl (C=O) groups excluding carboxylic acids is 1. The monoisotopic (exact) mass is 381 g/mol. The highest BCUT2D eigenvalue weighted by molar-refractivity contribution is 6.02. The Balaban J connectivity index is 2.22. The Kier molecular flexibility index (Phi) is 6.74. The number of nitrogens with zero attached hydrogens (tertiary/aromatic N) is 2. The van der Waals surface area contributed by atoms with E-state index < -0.39 is 24.0 Å². The van der Waals surface area contributed by atoms with Crippen LogP contribution in [-0.4, -0.2) is 22.7 Å². The number of hydrogen-bond acceptors (Lipinski definition) is 2. The van der Waals surface area contributed by atoms with E-state index in [0.717, 1.165) is 29.9 Å². The van der Waals surface area contributed by atoms with E-state index in [0.29, 0.717) is 12.8 Å². The van der Waals surface area contributed by atoms with Crippen LogP contribution in [0.2, 0.25) is 0 Å². The molecule has 1 aliphatic carbocycles. The number of nitrogens with one attached hydrogen (secondary N) is 1. The van der Waals surface area contributed by atoms with Crippen LogP contribution in [0, 0.1) is 31.1 Å². The van der Waals surface area contributed by atoms with Crippen LogP contribution in [0.15, 0.2) is 11.6 Å². The summed E-state index contributed by atoms with van der Waals surface area (Å²) >= 11 is 0. The van der Waals surface area contributed by atoms with Crippen LogP contribution in [0.1, 0.15) is 56.0 Å². The van der Waals surface area contributed by atoms with Gasteiger partial charge in [-0.1, -0.05) is 19.8 Å². The predicted molar refractivity (Wildman–Crippen MR) is 97.7 cm³/mol. The minimum Gasteiger partial charge on any atom is -0.349 e. The van der Waals surface area contributed by atoms with Crippen molar-refractivity contribution in [3.8, 4) is 6.07 Å². The Morgan fingerprint density at radius 3 is 2.63 bits per heavy atom. The number of hydrogen-bond donors (Lipinski definition) is 1. The van der Waals surface area contributed by atoms with E-state index in [-0.39, 0.29) is 18.4 Å². The van der Waals surface area contributed by atoms with Crippen LogP contribution in [0.25, 0.3) is 6.08 Å². The molecule has 148 valence electrons. The summed E-state index contributed by atoms with van der Waals surface area (Å²) in [7, 11) is 0. The van der Waals surface area contributed by atoms with Gasteiger partial charge in [0.2, 0.25) is 0 Å². The molecule has 27 heavy (non-hydrogen) atoms. The molecule has 2 atom stereocenters. The highest BCUT2D eigenvalue weighted by atomic mass is 19.4. The Hall–Kier alpha value is -2.23. The van der Waals surface area contributed by atoms with Crippen molar-refractivity contribution in [2.75, 3.05) is 0 Å². The maximum Gasteiger partial charge on any atom is 0.393 e. The average Bonchev–Trinajstić information content (AvgIpc) is 2.87. The van der Waals surface area contributed by atoms with Crippen molar-refractivity contribution in [3.63, 3.8) is 0 Å². The van der Waals surface area contributed by atoms with Crippen LogP contribution < -0.4 is 5.32 Å². The van der Waals surface area contributed by atoms with Gasteiger partial charge >= 0.3 is 6.18 Å². The molecule has 7 heteroatoms. The normalized spacial score (nSPS) is 21.0. The fourth-order valence-corrected chi connectivity index (χ4v) is 3.79. The van der Waals surface area contributed by atoms with Gasteiger partial charge in [0.25, 0.3) is 5.91 Å². The molecule has 1 aliphatic rings. The van der Waals surface area contributed by atoms with Crippen molar-refractivity contribution in [2.24, 2.45) is 5.92 Å². The van der Waals surface area contributed by atoms with Crippen molar-refractivity contribution in [2.45, 2.75) is 71.6 Å². The van der Waals surface area contributed by atoms with Crippen molar-refractivity contribution < 1.29 is 18.0 Å². The van der Waals surface area contributed by atoms with Crippen LogP contribution in [0.3, 0.4) is 0 Å². The minimum absolute atomic E-state index is 0.0121. The summed E-state index contributed by atoms with van der Waals surface area (Å²) in [6.07, 6.45) is -0.499. The summed E-state index contributed by atoms with van der Waals surface area (Å²) in [4.78, 5) is 12.5. The van der Waals surface area contributed by atoms with Crippen molar-refractivity contribution in [1.82, 2.24) is 9.88 Å². The Morgan fingerprint density at radius 2 is 2.04 bits per heavy atom. The summed E-state index contributed by atoms with van der Waals surface area (Å²) in [6.45, 7) is 6.74. The summed E-state index contributed by atoms with van der Waals surface area (Å²) in [6, 6.07) is 2.75. The minimum atomic E-state index is -4.35. The van der Waals surface area contributed by atoms with Crippen molar-refractivity contribution in [1.29, 1.82) is 5.26 Å². The second-order valence-electron chi connectivity index (χ2n) is 7.16. The second-order valence-corrected chi connectivity index (χ2v) is 7.16. The zero-order chi connectivity index (χ0) is 20.2. The maximum atomic E-state index is 13.2. The SMILES string of the molecule is CCCn1c(C)cc(/C=C(/C#N)C(=O)NC2CCCCC2C(F)(F)F)c1C. The fraction of sp³-hybridized carbons (Fsp3) is 0.600. The molecule has 1 heterocycles. The number of carbonyl (C=O) groups is 1.